The number of methoxy groups -OCH3 is 1. The molecule has 0 saturated heterocycles. The Labute approximate surface area is 148 Å². The maximum atomic E-state index is 12.6. The second-order valence-electron chi connectivity index (χ2n) is 6.34. The summed E-state index contributed by atoms with van der Waals surface area (Å²) in [4.78, 5) is 14.4. The average Bonchev–Trinajstić information content (AvgIpc) is 2.98. The molecule has 0 bridgehead atoms. The maximum absolute atomic E-state index is 12.6. The van der Waals surface area contributed by atoms with E-state index in [0.29, 0.717) is 23.9 Å². The smallest absolute Gasteiger partial charge is 0.223 e. The van der Waals surface area contributed by atoms with Gasteiger partial charge in [-0.25, -0.2) is 0 Å². The zero-order chi connectivity index (χ0) is 17.1. The minimum Gasteiger partial charge on any atom is -0.496 e. The van der Waals surface area contributed by atoms with Gasteiger partial charge >= 0.3 is 0 Å². The second-order valence-corrected chi connectivity index (χ2v) is 6.78. The minimum absolute atomic E-state index is 0.152. The van der Waals surface area contributed by atoms with Gasteiger partial charge in [-0.2, -0.15) is 0 Å². The molecule has 1 aliphatic carbocycles. The quantitative estimate of drug-likeness (QED) is 0.803. The molecule has 0 spiro atoms. The van der Waals surface area contributed by atoms with Gasteiger partial charge < -0.3 is 9.64 Å². The largest absolute Gasteiger partial charge is 0.496 e. The number of carbonyl (C=O) groups excluding carboxylic acids is 1. The number of fused-ring (bicyclic) bond motifs is 1. The summed E-state index contributed by atoms with van der Waals surface area (Å²) in [7, 11) is 3.47. The standard InChI is InChI=1S/C20H22ClNO2/c1-22(13-16-11-17(21)9-10-19(16)24-2)20(23)12-15-8-7-14-5-3-4-6-18(14)15/h3-6,9-11,15H,7-8,12-13H2,1-2H3. The van der Waals surface area contributed by atoms with Crippen LogP contribution in [0.2, 0.25) is 5.02 Å². The fraction of sp³-hybridized carbons (Fsp3) is 0.350. The van der Waals surface area contributed by atoms with Crippen molar-refractivity contribution in [2.24, 2.45) is 0 Å². The van der Waals surface area contributed by atoms with E-state index in [1.54, 1.807) is 18.1 Å². The van der Waals surface area contributed by atoms with Crippen molar-refractivity contribution < 1.29 is 9.53 Å². The fourth-order valence-corrected chi connectivity index (χ4v) is 3.63. The Hall–Kier alpha value is -2.00. The molecule has 0 aliphatic heterocycles. The number of hydrogen-bond donors (Lipinski definition) is 0. The van der Waals surface area contributed by atoms with Crippen molar-refractivity contribution >= 4 is 17.5 Å². The van der Waals surface area contributed by atoms with E-state index in [1.807, 2.05) is 19.2 Å². The summed E-state index contributed by atoms with van der Waals surface area (Å²) in [6, 6.07) is 13.9. The Morgan fingerprint density at radius 2 is 2.08 bits per heavy atom. The molecule has 0 radical (unpaired) electrons. The molecule has 0 N–H and O–H groups in total. The number of aryl methyl sites for hydroxylation is 1. The lowest BCUT2D eigenvalue weighted by atomic mass is 9.97. The molecule has 0 saturated carbocycles. The molecule has 2 aromatic carbocycles. The van der Waals surface area contributed by atoms with Crippen LogP contribution in [0.15, 0.2) is 42.5 Å². The number of hydrogen-bond acceptors (Lipinski definition) is 2. The van der Waals surface area contributed by atoms with Crippen molar-refractivity contribution in [2.75, 3.05) is 14.2 Å². The van der Waals surface area contributed by atoms with E-state index in [1.165, 1.54) is 11.1 Å². The first kappa shape index (κ1) is 16.8. The molecule has 3 nitrogen and oxygen atoms in total. The van der Waals surface area contributed by atoms with E-state index >= 15 is 0 Å². The average molecular weight is 344 g/mol. The van der Waals surface area contributed by atoms with E-state index in [0.717, 1.165) is 24.2 Å². The van der Waals surface area contributed by atoms with Gasteiger partial charge in [0, 0.05) is 30.6 Å². The van der Waals surface area contributed by atoms with Crippen LogP contribution < -0.4 is 4.74 Å². The van der Waals surface area contributed by atoms with Crippen LogP contribution in [0.5, 0.6) is 5.75 Å². The van der Waals surface area contributed by atoms with E-state index < -0.39 is 0 Å². The molecule has 0 heterocycles. The summed E-state index contributed by atoms with van der Waals surface area (Å²) in [6.07, 6.45) is 2.68. The molecule has 1 unspecified atom stereocenters. The third kappa shape index (κ3) is 3.57. The number of amides is 1. The number of benzene rings is 2. The topological polar surface area (TPSA) is 29.5 Å². The first-order valence-corrected chi connectivity index (χ1v) is 8.60. The third-order valence-electron chi connectivity index (χ3n) is 4.75. The van der Waals surface area contributed by atoms with Crippen molar-refractivity contribution in [3.8, 4) is 5.75 Å². The second kappa shape index (κ2) is 7.27. The molecular weight excluding hydrogens is 322 g/mol. The lowest BCUT2D eigenvalue weighted by Gasteiger charge is -2.21. The molecule has 0 fully saturated rings. The van der Waals surface area contributed by atoms with Crippen molar-refractivity contribution in [3.05, 3.63) is 64.2 Å². The van der Waals surface area contributed by atoms with Crippen LogP contribution in [-0.2, 0) is 17.8 Å². The summed E-state index contributed by atoms with van der Waals surface area (Å²) in [5.74, 6) is 1.24. The molecule has 3 rings (SSSR count). The summed E-state index contributed by atoms with van der Waals surface area (Å²) < 4.78 is 5.36. The van der Waals surface area contributed by atoms with Gasteiger partial charge in [0.15, 0.2) is 0 Å². The van der Waals surface area contributed by atoms with Crippen LogP contribution in [0.3, 0.4) is 0 Å². The van der Waals surface area contributed by atoms with Crippen LogP contribution in [0.25, 0.3) is 0 Å². The highest BCUT2D eigenvalue weighted by molar-refractivity contribution is 6.30. The van der Waals surface area contributed by atoms with Crippen molar-refractivity contribution in [2.45, 2.75) is 31.7 Å². The lowest BCUT2D eigenvalue weighted by Crippen LogP contribution is -2.27. The highest BCUT2D eigenvalue weighted by atomic mass is 35.5. The molecule has 4 heteroatoms. The van der Waals surface area contributed by atoms with Gasteiger partial charge in [-0.1, -0.05) is 35.9 Å². The molecule has 1 amide bonds. The lowest BCUT2D eigenvalue weighted by molar-refractivity contribution is -0.130. The van der Waals surface area contributed by atoms with Crippen LogP contribution in [-0.4, -0.2) is 25.0 Å². The van der Waals surface area contributed by atoms with Crippen LogP contribution in [0, 0.1) is 0 Å². The monoisotopic (exact) mass is 343 g/mol. The number of rotatable bonds is 5. The third-order valence-corrected chi connectivity index (χ3v) is 4.99. The first-order chi connectivity index (χ1) is 11.6. The Balaban J connectivity index is 1.67. The normalized spacial score (nSPS) is 15.9. The Bertz CT molecular complexity index is 744. The van der Waals surface area contributed by atoms with Gasteiger partial charge in [-0.15, -0.1) is 0 Å². The Morgan fingerprint density at radius 3 is 2.88 bits per heavy atom. The molecule has 24 heavy (non-hydrogen) atoms. The fourth-order valence-electron chi connectivity index (χ4n) is 3.44. The SMILES string of the molecule is COc1ccc(Cl)cc1CN(C)C(=O)CC1CCc2ccccc21. The van der Waals surface area contributed by atoms with Gasteiger partial charge in [0.25, 0.3) is 0 Å². The molecule has 1 aliphatic rings. The number of nitrogens with zero attached hydrogens (tertiary/aromatic N) is 1. The van der Waals surface area contributed by atoms with E-state index in [2.05, 4.69) is 24.3 Å². The first-order valence-electron chi connectivity index (χ1n) is 8.22. The van der Waals surface area contributed by atoms with Crippen LogP contribution >= 0.6 is 11.6 Å². The number of carbonyl (C=O) groups is 1. The minimum atomic E-state index is 0.152. The summed E-state index contributed by atoms with van der Waals surface area (Å²) in [5.41, 5.74) is 3.64. The van der Waals surface area contributed by atoms with E-state index in [9.17, 15) is 4.79 Å². The summed E-state index contributed by atoms with van der Waals surface area (Å²) in [5, 5.41) is 0.649. The molecule has 126 valence electrons. The van der Waals surface area contributed by atoms with Crippen LogP contribution in [0.1, 0.15) is 35.4 Å². The Kier molecular flexibility index (Phi) is 5.10. The van der Waals surface area contributed by atoms with Crippen molar-refractivity contribution in [1.29, 1.82) is 0 Å². The Morgan fingerprint density at radius 1 is 1.29 bits per heavy atom. The molecule has 1 atom stereocenters. The predicted molar refractivity (Wildman–Crippen MR) is 96.6 cm³/mol. The van der Waals surface area contributed by atoms with E-state index in [-0.39, 0.29) is 5.91 Å². The van der Waals surface area contributed by atoms with Gasteiger partial charge in [-0.05, 0) is 48.1 Å². The molecule has 2 aromatic rings. The molecular formula is C20H22ClNO2. The van der Waals surface area contributed by atoms with Gasteiger partial charge in [0.2, 0.25) is 5.91 Å². The summed E-state index contributed by atoms with van der Waals surface area (Å²) >= 11 is 6.07. The summed E-state index contributed by atoms with van der Waals surface area (Å²) in [6.45, 7) is 0.497. The van der Waals surface area contributed by atoms with Gasteiger partial charge in [0.1, 0.15) is 5.75 Å². The zero-order valence-electron chi connectivity index (χ0n) is 14.1. The van der Waals surface area contributed by atoms with E-state index in [4.69, 9.17) is 16.3 Å². The van der Waals surface area contributed by atoms with Gasteiger partial charge in [0.05, 0.1) is 7.11 Å². The number of ether oxygens (including phenoxy) is 1. The van der Waals surface area contributed by atoms with Crippen LogP contribution in [0.4, 0.5) is 0 Å². The maximum Gasteiger partial charge on any atom is 0.223 e. The van der Waals surface area contributed by atoms with Gasteiger partial charge in [-0.3, -0.25) is 4.79 Å². The molecule has 0 aromatic heterocycles. The number of halogens is 1. The zero-order valence-corrected chi connectivity index (χ0v) is 14.8. The predicted octanol–water partition coefficient (Wildman–Crippen LogP) is 4.43. The van der Waals surface area contributed by atoms with Crippen molar-refractivity contribution in [3.63, 3.8) is 0 Å². The highest BCUT2D eigenvalue weighted by Gasteiger charge is 2.25. The van der Waals surface area contributed by atoms with Crippen molar-refractivity contribution in [1.82, 2.24) is 4.90 Å². The highest BCUT2D eigenvalue weighted by Crippen LogP contribution is 2.35.